The van der Waals surface area contributed by atoms with Gasteiger partial charge in [-0.2, -0.15) is 0 Å². The van der Waals surface area contributed by atoms with Crippen molar-refractivity contribution < 1.29 is 14.3 Å². The van der Waals surface area contributed by atoms with Crippen LogP contribution >= 0.6 is 0 Å². The van der Waals surface area contributed by atoms with Gasteiger partial charge in [-0.25, -0.2) is 0 Å². The van der Waals surface area contributed by atoms with E-state index in [1.165, 1.54) is 0 Å². The number of hydrogen-bond donors (Lipinski definition) is 2. The minimum Gasteiger partial charge on any atom is -0.492 e. The van der Waals surface area contributed by atoms with Crippen molar-refractivity contribution in [2.24, 2.45) is 0 Å². The van der Waals surface area contributed by atoms with Crippen molar-refractivity contribution in [1.29, 1.82) is 0 Å². The van der Waals surface area contributed by atoms with Crippen LogP contribution in [-0.2, 0) is 11.2 Å². The largest absolute Gasteiger partial charge is 0.492 e. The second-order valence-corrected chi connectivity index (χ2v) is 6.09. The van der Waals surface area contributed by atoms with Gasteiger partial charge in [0.05, 0.1) is 18.2 Å². The predicted molar refractivity (Wildman–Crippen MR) is 90.2 cm³/mol. The zero-order chi connectivity index (χ0) is 16.5. The first-order valence-electron chi connectivity index (χ1n) is 8.17. The SMILES string of the molecule is O=C1CCC(c2ccccc2NC(=O)c2cccc3c2OCC3)N1. The number of ether oxygens (including phenoxy) is 1. The van der Waals surface area contributed by atoms with E-state index < -0.39 is 0 Å². The van der Waals surface area contributed by atoms with E-state index in [0.29, 0.717) is 24.3 Å². The molecule has 4 rings (SSSR count). The molecular formula is C19H18N2O3. The fraction of sp³-hybridized carbons (Fsp3) is 0.263. The van der Waals surface area contributed by atoms with E-state index >= 15 is 0 Å². The van der Waals surface area contributed by atoms with Crippen LogP contribution in [0.1, 0.15) is 40.4 Å². The van der Waals surface area contributed by atoms with E-state index in [0.717, 1.165) is 29.7 Å². The summed E-state index contributed by atoms with van der Waals surface area (Å²) in [7, 11) is 0. The van der Waals surface area contributed by atoms with Crippen LogP contribution < -0.4 is 15.4 Å². The Morgan fingerprint density at radius 3 is 2.83 bits per heavy atom. The maximum atomic E-state index is 12.7. The van der Waals surface area contributed by atoms with E-state index in [1.807, 2.05) is 36.4 Å². The lowest BCUT2D eigenvalue weighted by Crippen LogP contribution is -2.21. The summed E-state index contributed by atoms with van der Waals surface area (Å²) < 4.78 is 5.61. The molecule has 24 heavy (non-hydrogen) atoms. The van der Waals surface area contributed by atoms with Crippen LogP contribution in [0, 0.1) is 0 Å². The maximum Gasteiger partial charge on any atom is 0.259 e. The van der Waals surface area contributed by atoms with Crippen molar-refractivity contribution in [3.63, 3.8) is 0 Å². The Morgan fingerprint density at radius 2 is 2.00 bits per heavy atom. The number of carbonyl (C=O) groups is 2. The number of carbonyl (C=O) groups excluding carboxylic acids is 2. The quantitative estimate of drug-likeness (QED) is 0.913. The van der Waals surface area contributed by atoms with E-state index in [1.54, 1.807) is 6.07 Å². The third-order valence-electron chi connectivity index (χ3n) is 4.54. The lowest BCUT2D eigenvalue weighted by atomic mass is 10.0. The molecule has 5 nitrogen and oxygen atoms in total. The summed E-state index contributed by atoms with van der Waals surface area (Å²) >= 11 is 0. The monoisotopic (exact) mass is 322 g/mol. The average Bonchev–Trinajstić information content (AvgIpc) is 3.23. The molecule has 2 aromatic rings. The molecule has 5 heteroatoms. The number of para-hydroxylation sites is 2. The number of anilines is 1. The molecular weight excluding hydrogens is 304 g/mol. The Bertz CT molecular complexity index is 816. The van der Waals surface area contributed by atoms with Crippen LogP contribution in [0.2, 0.25) is 0 Å². The van der Waals surface area contributed by atoms with Gasteiger partial charge in [0.1, 0.15) is 5.75 Å². The lowest BCUT2D eigenvalue weighted by Gasteiger charge is -2.17. The topological polar surface area (TPSA) is 67.4 Å². The van der Waals surface area contributed by atoms with Gasteiger partial charge in [0, 0.05) is 18.5 Å². The van der Waals surface area contributed by atoms with Gasteiger partial charge in [-0.3, -0.25) is 9.59 Å². The zero-order valence-corrected chi connectivity index (χ0v) is 13.2. The highest BCUT2D eigenvalue weighted by molar-refractivity contribution is 6.07. The molecule has 1 saturated heterocycles. The molecule has 0 radical (unpaired) electrons. The molecule has 0 spiro atoms. The molecule has 2 heterocycles. The molecule has 0 saturated carbocycles. The first kappa shape index (κ1) is 14.8. The van der Waals surface area contributed by atoms with Gasteiger partial charge < -0.3 is 15.4 Å². The summed E-state index contributed by atoms with van der Waals surface area (Å²) in [5.74, 6) is 0.544. The van der Waals surface area contributed by atoms with E-state index in [4.69, 9.17) is 4.74 Å². The Hall–Kier alpha value is -2.82. The first-order chi connectivity index (χ1) is 11.7. The van der Waals surface area contributed by atoms with Crippen LogP contribution in [0.5, 0.6) is 5.75 Å². The van der Waals surface area contributed by atoms with Crippen molar-refractivity contribution in [3.05, 3.63) is 59.2 Å². The number of rotatable bonds is 3. The van der Waals surface area contributed by atoms with E-state index in [-0.39, 0.29) is 17.9 Å². The van der Waals surface area contributed by atoms with Gasteiger partial charge in [0.25, 0.3) is 5.91 Å². The minimum atomic E-state index is -0.189. The standard InChI is InChI=1S/C19H18N2O3/c22-17-9-8-16(20-17)13-5-1-2-7-15(13)21-19(23)14-6-3-4-12-10-11-24-18(12)14/h1-7,16H,8-11H2,(H,20,22)(H,21,23). The summed E-state index contributed by atoms with van der Waals surface area (Å²) in [5.41, 5.74) is 3.28. The molecule has 122 valence electrons. The lowest BCUT2D eigenvalue weighted by molar-refractivity contribution is -0.119. The highest BCUT2D eigenvalue weighted by Crippen LogP contribution is 2.32. The summed E-state index contributed by atoms with van der Waals surface area (Å²) in [6, 6.07) is 13.2. The number of benzene rings is 2. The number of nitrogens with one attached hydrogen (secondary N) is 2. The Morgan fingerprint density at radius 1 is 1.12 bits per heavy atom. The van der Waals surface area contributed by atoms with Crippen molar-refractivity contribution in [2.75, 3.05) is 11.9 Å². The maximum absolute atomic E-state index is 12.7. The van der Waals surface area contributed by atoms with E-state index in [2.05, 4.69) is 10.6 Å². The summed E-state index contributed by atoms with van der Waals surface area (Å²) in [5, 5.41) is 5.93. The third-order valence-corrected chi connectivity index (χ3v) is 4.54. The van der Waals surface area contributed by atoms with Crippen LogP contribution in [0.3, 0.4) is 0 Å². The molecule has 0 aliphatic carbocycles. The molecule has 0 aromatic heterocycles. The van der Waals surface area contributed by atoms with Crippen molar-refractivity contribution >= 4 is 17.5 Å². The highest BCUT2D eigenvalue weighted by Gasteiger charge is 2.26. The fourth-order valence-electron chi connectivity index (χ4n) is 3.35. The average molecular weight is 322 g/mol. The van der Waals surface area contributed by atoms with Gasteiger partial charge in [-0.05, 0) is 29.7 Å². The molecule has 2 N–H and O–H groups in total. The fourth-order valence-corrected chi connectivity index (χ4v) is 3.35. The zero-order valence-electron chi connectivity index (χ0n) is 13.2. The molecule has 1 fully saturated rings. The second kappa shape index (κ2) is 6.00. The molecule has 1 atom stereocenters. The van der Waals surface area contributed by atoms with E-state index in [9.17, 15) is 9.59 Å². The van der Waals surface area contributed by atoms with Crippen LogP contribution in [0.25, 0.3) is 0 Å². The third kappa shape index (κ3) is 2.62. The van der Waals surface area contributed by atoms with Gasteiger partial charge in [-0.1, -0.05) is 30.3 Å². The molecule has 2 aromatic carbocycles. The number of fused-ring (bicyclic) bond motifs is 1. The molecule has 1 unspecified atom stereocenters. The van der Waals surface area contributed by atoms with Crippen molar-refractivity contribution in [1.82, 2.24) is 5.32 Å². The molecule has 2 aliphatic heterocycles. The summed E-state index contributed by atoms with van der Waals surface area (Å²) in [6.07, 6.45) is 2.10. The Kier molecular flexibility index (Phi) is 3.69. The molecule has 2 aliphatic rings. The Balaban J connectivity index is 1.61. The van der Waals surface area contributed by atoms with Gasteiger partial charge in [0.15, 0.2) is 0 Å². The normalized spacial score (nSPS) is 18.7. The van der Waals surface area contributed by atoms with Crippen LogP contribution in [0.4, 0.5) is 5.69 Å². The first-order valence-corrected chi connectivity index (χ1v) is 8.17. The van der Waals surface area contributed by atoms with Gasteiger partial charge in [0.2, 0.25) is 5.91 Å². The summed E-state index contributed by atoms with van der Waals surface area (Å²) in [4.78, 5) is 24.2. The second-order valence-electron chi connectivity index (χ2n) is 6.09. The highest BCUT2D eigenvalue weighted by atomic mass is 16.5. The summed E-state index contributed by atoms with van der Waals surface area (Å²) in [6.45, 7) is 0.615. The predicted octanol–water partition coefficient (Wildman–Crippen LogP) is 2.82. The smallest absolute Gasteiger partial charge is 0.259 e. The van der Waals surface area contributed by atoms with Crippen LogP contribution in [0.15, 0.2) is 42.5 Å². The van der Waals surface area contributed by atoms with Gasteiger partial charge in [-0.15, -0.1) is 0 Å². The number of amides is 2. The molecule has 2 amide bonds. The van der Waals surface area contributed by atoms with Crippen molar-refractivity contribution in [2.45, 2.75) is 25.3 Å². The Labute approximate surface area is 140 Å². The molecule has 0 bridgehead atoms. The van der Waals surface area contributed by atoms with Crippen molar-refractivity contribution in [3.8, 4) is 5.75 Å². The van der Waals surface area contributed by atoms with Gasteiger partial charge >= 0.3 is 0 Å². The minimum absolute atomic E-state index is 0.0493. The van der Waals surface area contributed by atoms with Crippen LogP contribution in [-0.4, -0.2) is 18.4 Å². The number of hydrogen-bond acceptors (Lipinski definition) is 3.